The lowest BCUT2D eigenvalue weighted by Crippen LogP contribution is -2.57. The molecule has 0 bridgehead atoms. The van der Waals surface area contributed by atoms with Gasteiger partial charge in [0.1, 0.15) is 6.04 Å². The predicted octanol–water partition coefficient (Wildman–Crippen LogP) is 1.26. The van der Waals surface area contributed by atoms with E-state index >= 15 is 0 Å². The number of carbonyl (C=O) groups is 1. The van der Waals surface area contributed by atoms with E-state index in [2.05, 4.69) is 19.2 Å². The van der Waals surface area contributed by atoms with Gasteiger partial charge in [0.15, 0.2) is 0 Å². The van der Waals surface area contributed by atoms with E-state index < -0.39 is 0 Å². The Balaban J connectivity index is 1.87. The minimum Gasteiger partial charge on any atom is -0.375 e. The smallest absolute Gasteiger partial charge is 0.242 e. The van der Waals surface area contributed by atoms with Crippen LogP contribution in [0, 0.1) is 11.8 Å². The lowest BCUT2D eigenvalue weighted by Gasteiger charge is -2.38. The highest BCUT2D eigenvalue weighted by Gasteiger charge is 2.33. The topological polar surface area (TPSA) is 41.6 Å². The molecule has 0 aromatic rings. The standard InChI is InChI=1S/C14H26N2O2/c1-10(2)12-4-7-16(8-5-12)14(17)13-11(3)18-9-6-15-13/h10-13,15H,4-9H2,1-3H3/t11-,13+/m1/s1. The molecule has 0 aliphatic carbocycles. The molecule has 2 aliphatic rings. The highest BCUT2D eigenvalue weighted by atomic mass is 16.5. The van der Waals surface area contributed by atoms with Gasteiger partial charge in [-0.2, -0.15) is 0 Å². The molecule has 2 atom stereocenters. The fourth-order valence-corrected chi connectivity index (χ4v) is 2.99. The molecule has 0 spiro atoms. The SMILES string of the molecule is CC(C)C1CCN(C(=O)[C@H]2NCCO[C@@H]2C)CC1. The first-order chi connectivity index (χ1) is 8.59. The Kier molecular flexibility index (Phi) is 4.62. The molecule has 0 radical (unpaired) electrons. The average Bonchev–Trinajstić information content (AvgIpc) is 2.38. The number of amides is 1. The van der Waals surface area contributed by atoms with E-state index in [1.54, 1.807) is 0 Å². The van der Waals surface area contributed by atoms with E-state index in [0.717, 1.165) is 44.3 Å². The Hall–Kier alpha value is -0.610. The Morgan fingerprint density at radius 1 is 1.33 bits per heavy atom. The molecule has 0 unspecified atom stereocenters. The maximum atomic E-state index is 12.4. The average molecular weight is 254 g/mol. The van der Waals surface area contributed by atoms with Crippen LogP contribution in [0.3, 0.4) is 0 Å². The van der Waals surface area contributed by atoms with Gasteiger partial charge in [-0.15, -0.1) is 0 Å². The molecule has 0 aromatic carbocycles. The van der Waals surface area contributed by atoms with Crippen LogP contribution < -0.4 is 5.32 Å². The van der Waals surface area contributed by atoms with Crippen molar-refractivity contribution in [3.05, 3.63) is 0 Å². The van der Waals surface area contributed by atoms with Crippen molar-refractivity contribution < 1.29 is 9.53 Å². The van der Waals surface area contributed by atoms with Gasteiger partial charge in [0, 0.05) is 19.6 Å². The van der Waals surface area contributed by atoms with Crippen molar-refractivity contribution in [1.82, 2.24) is 10.2 Å². The van der Waals surface area contributed by atoms with Crippen molar-refractivity contribution in [3.63, 3.8) is 0 Å². The Labute approximate surface area is 110 Å². The third-order valence-corrected chi connectivity index (χ3v) is 4.38. The van der Waals surface area contributed by atoms with Gasteiger partial charge in [0.2, 0.25) is 5.91 Å². The normalized spacial score (nSPS) is 30.8. The zero-order chi connectivity index (χ0) is 13.1. The summed E-state index contributed by atoms with van der Waals surface area (Å²) in [6.07, 6.45) is 2.28. The number of carbonyl (C=O) groups excluding carboxylic acids is 1. The third-order valence-electron chi connectivity index (χ3n) is 4.38. The third kappa shape index (κ3) is 3.04. The van der Waals surface area contributed by atoms with Crippen molar-refractivity contribution in [3.8, 4) is 0 Å². The minimum absolute atomic E-state index is 0.00549. The minimum atomic E-state index is -0.144. The van der Waals surface area contributed by atoms with Gasteiger partial charge in [0.05, 0.1) is 12.7 Å². The largest absolute Gasteiger partial charge is 0.375 e. The van der Waals surface area contributed by atoms with Gasteiger partial charge >= 0.3 is 0 Å². The number of morpholine rings is 1. The second kappa shape index (κ2) is 6.02. The summed E-state index contributed by atoms with van der Waals surface area (Å²) in [6, 6.07) is -0.144. The van der Waals surface area contributed by atoms with E-state index in [0.29, 0.717) is 6.61 Å². The van der Waals surface area contributed by atoms with Crippen LogP contribution in [0.4, 0.5) is 0 Å². The molecule has 0 aromatic heterocycles. The van der Waals surface area contributed by atoms with Crippen LogP contribution in [-0.4, -0.2) is 49.2 Å². The van der Waals surface area contributed by atoms with Crippen LogP contribution in [0.1, 0.15) is 33.6 Å². The zero-order valence-electron chi connectivity index (χ0n) is 11.8. The van der Waals surface area contributed by atoms with Crippen LogP contribution in [0.25, 0.3) is 0 Å². The molecule has 1 amide bonds. The fourth-order valence-electron chi connectivity index (χ4n) is 2.99. The maximum Gasteiger partial charge on any atom is 0.242 e. The van der Waals surface area contributed by atoms with E-state index in [4.69, 9.17) is 4.74 Å². The van der Waals surface area contributed by atoms with Crippen LogP contribution in [0.2, 0.25) is 0 Å². The van der Waals surface area contributed by atoms with Crippen LogP contribution in [-0.2, 0) is 9.53 Å². The zero-order valence-corrected chi connectivity index (χ0v) is 11.8. The van der Waals surface area contributed by atoms with Gasteiger partial charge in [-0.05, 0) is 31.6 Å². The summed E-state index contributed by atoms with van der Waals surface area (Å²) < 4.78 is 5.55. The maximum absolute atomic E-state index is 12.4. The number of rotatable bonds is 2. The highest BCUT2D eigenvalue weighted by molar-refractivity contribution is 5.82. The number of nitrogens with zero attached hydrogens (tertiary/aromatic N) is 1. The number of ether oxygens (including phenoxy) is 1. The van der Waals surface area contributed by atoms with Crippen molar-refractivity contribution in [1.29, 1.82) is 0 Å². The first kappa shape index (κ1) is 13.8. The summed E-state index contributed by atoms with van der Waals surface area (Å²) >= 11 is 0. The molecular weight excluding hydrogens is 228 g/mol. The highest BCUT2D eigenvalue weighted by Crippen LogP contribution is 2.25. The number of hydrogen-bond donors (Lipinski definition) is 1. The van der Waals surface area contributed by atoms with Gasteiger partial charge in [-0.1, -0.05) is 13.8 Å². The molecule has 0 saturated carbocycles. The Morgan fingerprint density at radius 3 is 2.56 bits per heavy atom. The van der Waals surface area contributed by atoms with Crippen LogP contribution in [0.15, 0.2) is 0 Å². The molecule has 2 fully saturated rings. The van der Waals surface area contributed by atoms with E-state index in [-0.39, 0.29) is 18.1 Å². The Bertz CT molecular complexity index is 286. The molecule has 104 valence electrons. The summed E-state index contributed by atoms with van der Waals surface area (Å²) in [6.45, 7) is 9.85. The molecule has 4 nitrogen and oxygen atoms in total. The van der Waals surface area contributed by atoms with Crippen LogP contribution >= 0.6 is 0 Å². The molecule has 2 rings (SSSR count). The number of piperidine rings is 1. The second-order valence-corrected chi connectivity index (χ2v) is 5.91. The number of likely N-dealkylation sites (tertiary alicyclic amines) is 1. The molecule has 2 saturated heterocycles. The van der Waals surface area contributed by atoms with Gasteiger partial charge in [-0.25, -0.2) is 0 Å². The van der Waals surface area contributed by atoms with E-state index in [1.807, 2.05) is 11.8 Å². The Morgan fingerprint density at radius 2 is 2.00 bits per heavy atom. The van der Waals surface area contributed by atoms with Crippen molar-refractivity contribution in [2.24, 2.45) is 11.8 Å². The van der Waals surface area contributed by atoms with Gasteiger partial charge < -0.3 is 15.0 Å². The van der Waals surface area contributed by atoms with Crippen LogP contribution in [0.5, 0.6) is 0 Å². The predicted molar refractivity (Wildman–Crippen MR) is 71.3 cm³/mol. The molecular formula is C14H26N2O2. The monoisotopic (exact) mass is 254 g/mol. The summed E-state index contributed by atoms with van der Waals surface area (Å²) in [5.74, 6) is 1.74. The summed E-state index contributed by atoms with van der Waals surface area (Å²) in [7, 11) is 0. The van der Waals surface area contributed by atoms with Crippen molar-refractivity contribution >= 4 is 5.91 Å². The molecule has 2 aliphatic heterocycles. The summed E-state index contributed by atoms with van der Waals surface area (Å²) in [4.78, 5) is 14.4. The molecule has 1 N–H and O–H groups in total. The quantitative estimate of drug-likeness (QED) is 0.806. The lowest BCUT2D eigenvalue weighted by atomic mass is 9.86. The van der Waals surface area contributed by atoms with E-state index in [1.165, 1.54) is 0 Å². The summed E-state index contributed by atoms with van der Waals surface area (Å²) in [5, 5.41) is 3.28. The fraction of sp³-hybridized carbons (Fsp3) is 0.929. The lowest BCUT2D eigenvalue weighted by molar-refractivity contribution is -0.141. The number of hydrogen-bond acceptors (Lipinski definition) is 3. The second-order valence-electron chi connectivity index (χ2n) is 5.91. The molecule has 18 heavy (non-hydrogen) atoms. The van der Waals surface area contributed by atoms with Gasteiger partial charge in [-0.3, -0.25) is 4.79 Å². The molecule has 4 heteroatoms. The first-order valence-electron chi connectivity index (χ1n) is 7.23. The van der Waals surface area contributed by atoms with Crippen molar-refractivity contribution in [2.45, 2.75) is 45.8 Å². The van der Waals surface area contributed by atoms with Crippen molar-refractivity contribution in [2.75, 3.05) is 26.2 Å². The van der Waals surface area contributed by atoms with E-state index in [9.17, 15) is 4.79 Å². The molecule has 2 heterocycles. The number of nitrogens with one attached hydrogen (secondary N) is 1. The van der Waals surface area contributed by atoms with Gasteiger partial charge in [0.25, 0.3) is 0 Å². The first-order valence-corrected chi connectivity index (χ1v) is 7.23. The summed E-state index contributed by atoms with van der Waals surface area (Å²) in [5.41, 5.74) is 0.